The first kappa shape index (κ1) is 17.1. The highest BCUT2D eigenvalue weighted by molar-refractivity contribution is 5.92. The molecule has 0 saturated heterocycles. The molecule has 0 bridgehead atoms. The molecule has 0 radical (unpaired) electrons. The Labute approximate surface area is 147 Å². The first-order valence-corrected chi connectivity index (χ1v) is 8.40. The Morgan fingerprint density at radius 2 is 2.08 bits per heavy atom. The summed E-state index contributed by atoms with van der Waals surface area (Å²) in [6.45, 7) is 2.89. The van der Waals surface area contributed by atoms with Crippen molar-refractivity contribution in [3.63, 3.8) is 0 Å². The Balaban J connectivity index is 1.59. The van der Waals surface area contributed by atoms with Crippen LogP contribution in [0.25, 0.3) is 0 Å². The Morgan fingerprint density at radius 1 is 1.32 bits per heavy atom. The topological polar surface area (TPSA) is 64.8 Å². The highest BCUT2D eigenvalue weighted by Gasteiger charge is 2.27. The van der Waals surface area contributed by atoms with Gasteiger partial charge in [0.1, 0.15) is 17.8 Å². The van der Waals surface area contributed by atoms with Crippen LogP contribution in [0.3, 0.4) is 0 Å². The molecule has 6 nitrogen and oxygen atoms in total. The zero-order chi connectivity index (χ0) is 17.6. The normalized spacial score (nSPS) is 16.2. The third-order valence-electron chi connectivity index (χ3n) is 4.10. The predicted octanol–water partition coefficient (Wildman–Crippen LogP) is 3.44. The second kappa shape index (κ2) is 7.88. The summed E-state index contributed by atoms with van der Waals surface area (Å²) >= 11 is 0. The molecule has 1 aromatic heterocycles. The molecule has 1 aliphatic heterocycles. The molecule has 132 valence electrons. The Morgan fingerprint density at radius 3 is 2.80 bits per heavy atom. The maximum atomic E-state index is 12.6. The van der Waals surface area contributed by atoms with Crippen LogP contribution in [0, 0.1) is 0 Å². The van der Waals surface area contributed by atoms with Crippen molar-refractivity contribution in [2.45, 2.75) is 32.4 Å². The van der Waals surface area contributed by atoms with Crippen molar-refractivity contribution in [3.8, 4) is 11.5 Å². The monoisotopic (exact) mass is 342 g/mol. The molecular weight excluding hydrogens is 320 g/mol. The fourth-order valence-corrected chi connectivity index (χ4v) is 2.79. The minimum Gasteiger partial charge on any atom is -0.497 e. The Bertz CT molecular complexity index is 736. The second-order valence-corrected chi connectivity index (χ2v) is 5.83. The number of amides is 1. The van der Waals surface area contributed by atoms with Crippen LogP contribution in [0.15, 0.2) is 47.1 Å². The van der Waals surface area contributed by atoms with Gasteiger partial charge in [0.15, 0.2) is 12.3 Å². The fourth-order valence-electron chi connectivity index (χ4n) is 2.79. The summed E-state index contributed by atoms with van der Waals surface area (Å²) < 4.78 is 16.1. The lowest BCUT2D eigenvalue weighted by Crippen LogP contribution is -2.36. The molecule has 1 aliphatic rings. The second-order valence-electron chi connectivity index (χ2n) is 5.83. The minimum atomic E-state index is -0.108. The van der Waals surface area contributed by atoms with Crippen molar-refractivity contribution in [2.24, 2.45) is 0 Å². The summed E-state index contributed by atoms with van der Waals surface area (Å²) in [5.74, 6) is 1.71. The first-order valence-electron chi connectivity index (χ1n) is 8.40. The summed E-state index contributed by atoms with van der Waals surface area (Å²) in [6.07, 6.45) is 7.48. The van der Waals surface area contributed by atoms with Crippen LogP contribution < -0.4 is 9.47 Å². The molecule has 0 fully saturated rings. The SMILES string of the molecule is CCC[C@H]1C=CCN1C(=O)c1coc(COc2ccc(OC)cc2)n1. The van der Waals surface area contributed by atoms with E-state index in [0.717, 1.165) is 18.6 Å². The minimum absolute atomic E-state index is 0.108. The number of oxazole rings is 1. The number of hydrogen-bond acceptors (Lipinski definition) is 5. The molecular formula is C19H22N2O4. The van der Waals surface area contributed by atoms with Crippen LogP contribution in [-0.2, 0) is 6.61 Å². The molecule has 0 unspecified atom stereocenters. The number of carbonyl (C=O) groups is 1. The number of rotatable bonds is 7. The van der Waals surface area contributed by atoms with E-state index in [4.69, 9.17) is 13.9 Å². The largest absolute Gasteiger partial charge is 0.497 e. The molecule has 6 heteroatoms. The van der Waals surface area contributed by atoms with Gasteiger partial charge in [-0.1, -0.05) is 25.5 Å². The molecule has 0 N–H and O–H groups in total. The molecule has 2 aromatic rings. The van der Waals surface area contributed by atoms with E-state index >= 15 is 0 Å². The highest BCUT2D eigenvalue weighted by atomic mass is 16.5. The van der Waals surface area contributed by atoms with Gasteiger partial charge >= 0.3 is 0 Å². The summed E-state index contributed by atoms with van der Waals surface area (Å²) in [7, 11) is 1.61. The van der Waals surface area contributed by atoms with Gasteiger partial charge in [-0.3, -0.25) is 4.79 Å². The zero-order valence-electron chi connectivity index (χ0n) is 14.5. The third-order valence-corrected chi connectivity index (χ3v) is 4.10. The van der Waals surface area contributed by atoms with Crippen molar-refractivity contribution in [1.29, 1.82) is 0 Å². The molecule has 2 heterocycles. The highest BCUT2D eigenvalue weighted by Crippen LogP contribution is 2.20. The number of ether oxygens (including phenoxy) is 2. The molecule has 0 aliphatic carbocycles. The summed E-state index contributed by atoms with van der Waals surface area (Å²) in [6, 6.07) is 7.38. The summed E-state index contributed by atoms with van der Waals surface area (Å²) in [5, 5.41) is 0. The van der Waals surface area contributed by atoms with Crippen LogP contribution in [-0.4, -0.2) is 35.5 Å². The number of hydrogen-bond donors (Lipinski definition) is 0. The number of carbonyl (C=O) groups excluding carboxylic acids is 1. The smallest absolute Gasteiger partial charge is 0.276 e. The molecule has 3 rings (SSSR count). The van der Waals surface area contributed by atoms with Crippen LogP contribution >= 0.6 is 0 Å². The van der Waals surface area contributed by atoms with Crippen LogP contribution in [0.1, 0.15) is 36.1 Å². The van der Waals surface area contributed by atoms with Gasteiger partial charge in [0.05, 0.1) is 13.2 Å². The van der Waals surface area contributed by atoms with Crippen molar-refractivity contribution in [2.75, 3.05) is 13.7 Å². The molecule has 0 spiro atoms. The fraction of sp³-hybridized carbons (Fsp3) is 0.368. The Hall–Kier alpha value is -2.76. The standard InChI is InChI=1S/C19H22N2O4/c1-3-5-14-6-4-11-21(14)19(22)17-12-25-18(20-17)13-24-16-9-7-15(23-2)8-10-16/h4,6-10,12,14H,3,5,11,13H2,1-2H3/t14-/m0/s1. The molecule has 0 saturated carbocycles. The van der Waals surface area contributed by atoms with Gasteiger partial charge in [-0.2, -0.15) is 0 Å². The van der Waals surface area contributed by atoms with Gasteiger partial charge < -0.3 is 18.8 Å². The van der Waals surface area contributed by atoms with E-state index in [-0.39, 0.29) is 18.6 Å². The van der Waals surface area contributed by atoms with Gasteiger partial charge in [0.25, 0.3) is 5.91 Å². The van der Waals surface area contributed by atoms with Gasteiger partial charge in [0, 0.05) is 6.54 Å². The average molecular weight is 342 g/mol. The quantitative estimate of drug-likeness (QED) is 0.721. The maximum absolute atomic E-state index is 12.6. The van der Waals surface area contributed by atoms with Gasteiger partial charge in [-0.15, -0.1) is 0 Å². The van der Waals surface area contributed by atoms with Gasteiger partial charge in [0.2, 0.25) is 5.89 Å². The average Bonchev–Trinajstić information content (AvgIpc) is 3.30. The van der Waals surface area contributed by atoms with Crippen LogP contribution in [0.2, 0.25) is 0 Å². The van der Waals surface area contributed by atoms with E-state index < -0.39 is 0 Å². The molecule has 25 heavy (non-hydrogen) atoms. The van der Waals surface area contributed by atoms with E-state index in [9.17, 15) is 4.79 Å². The predicted molar refractivity (Wildman–Crippen MR) is 92.7 cm³/mol. The number of nitrogens with zero attached hydrogens (tertiary/aromatic N) is 2. The third kappa shape index (κ3) is 4.02. The van der Waals surface area contributed by atoms with Crippen LogP contribution in [0.5, 0.6) is 11.5 Å². The summed E-state index contributed by atoms with van der Waals surface area (Å²) in [5.41, 5.74) is 0.318. The number of benzene rings is 1. The van der Waals surface area contributed by atoms with E-state index in [2.05, 4.69) is 18.0 Å². The lowest BCUT2D eigenvalue weighted by atomic mass is 10.1. The van der Waals surface area contributed by atoms with Crippen molar-refractivity contribution in [1.82, 2.24) is 9.88 Å². The van der Waals surface area contributed by atoms with Crippen molar-refractivity contribution >= 4 is 5.91 Å². The summed E-state index contributed by atoms with van der Waals surface area (Å²) in [4.78, 5) is 18.7. The van der Waals surface area contributed by atoms with Crippen molar-refractivity contribution in [3.05, 3.63) is 54.3 Å². The Kier molecular flexibility index (Phi) is 5.38. The van der Waals surface area contributed by atoms with E-state index in [0.29, 0.717) is 23.9 Å². The lowest BCUT2D eigenvalue weighted by molar-refractivity contribution is 0.0738. The van der Waals surface area contributed by atoms with Crippen LogP contribution in [0.4, 0.5) is 0 Å². The zero-order valence-corrected chi connectivity index (χ0v) is 14.5. The molecule has 1 atom stereocenters. The van der Waals surface area contributed by atoms with E-state index in [1.54, 1.807) is 19.2 Å². The molecule has 1 aromatic carbocycles. The van der Waals surface area contributed by atoms with E-state index in [1.807, 2.05) is 23.1 Å². The maximum Gasteiger partial charge on any atom is 0.276 e. The molecule has 1 amide bonds. The van der Waals surface area contributed by atoms with Gasteiger partial charge in [-0.25, -0.2) is 4.98 Å². The van der Waals surface area contributed by atoms with Crippen molar-refractivity contribution < 1.29 is 18.7 Å². The lowest BCUT2D eigenvalue weighted by Gasteiger charge is -2.23. The number of methoxy groups -OCH3 is 1. The van der Waals surface area contributed by atoms with Gasteiger partial charge in [-0.05, 0) is 30.7 Å². The number of aromatic nitrogens is 1. The van der Waals surface area contributed by atoms with E-state index in [1.165, 1.54) is 6.26 Å². The first-order chi connectivity index (χ1) is 12.2.